The van der Waals surface area contributed by atoms with E-state index in [4.69, 9.17) is 9.84 Å². The standard InChI is InChI=1S/C16H22O3/c1-11-8-14(6-7-16(17)18)15(9-12(11)2)19-10-13-4-3-5-13/h8-9,13H,3-7,10H2,1-2H3,(H,17,18). The van der Waals surface area contributed by atoms with E-state index in [0.29, 0.717) is 12.3 Å². The highest BCUT2D eigenvalue weighted by molar-refractivity contribution is 5.67. The summed E-state index contributed by atoms with van der Waals surface area (Å²) < 4.78 is 5.92. The molecule has 1 aromatic carbocycles. The monoisotopic (exact) mass is 262 g/mol. The number of rotatable bonds is 6. The first-order valence-electron chi connectivity index (χ1n) is 7.01. The zero-order chi connectivity index (χ0) is 13.8. The molecule has 1 fully saturated rings. The van der Waals surface area contributed by atoms with E-state index >= 15 is 0 Å². The van der Waals surface area contributed by atoms with Gasteiger partial charge in [-0.1, -0.05) is 12.5 Å². The van der Waals surface area contributed by atoms with Crippen molar-refractivity contribution < 1.29 is 14.6 Å². The van der Waals surface area contributed by atoms with Gasteiger partial charge in [-0.15, -0.1) is 0 Å². The molecular formula is C16H22O3. The lowest BCUT2D eigenvalue weighted by atomic mass is 9.86. The summed E-state index contributed by atoms with van der Waals surface area (Å²) in [5.41, 5.74) is 3.41. The van der Waals surface area contributed by atoms with Crippen LogP contribution >= 0.6 is 0 Å². The molecule has 2 rings (SSSR count). The molecule has 3 nitrogen and oxygen atoms in total. The number of aliphatic carboxylic acids is 1. The normalized spacial score (nSPS) is 15.1. The fourth-order valence-electron chi connectivity index (χ4n) is 2.29. The maximum absolute atomic E-state index is 10.7. The summed E-state index contributed by atoms with van der Waals surface area (Å²) in [5.74, 6) is 0.799. The van der Waals surface area contributed by atoms with Crippen LogP contribution in [0, 0.1) is 19.8 Å². The van der Waals surface area contributed by atoms with Crippen LogP contribution in [0.4, 0.5) is 0 Å². The van der Waals surface area contributed by atoms with Crippen molar-refractivity contribution in [1.82, 2.24) is 0 Å². The molecule has 0 aromatic heterocycles. The third-order valence-corrected chi connectivity index (χ3v) is 3.98. The zero-order valence-electron chi connectivity index (χ0n) is 11.7. The van der Waals surface area contributed by atoms with Crippen molar-refractivity contribution >= 4 is 5.97 Å². The maximum Gasteiger partial charge on any atom is 0.303 e. The van der Waals surface area contributed by atoms with Gasteiger partial charge in [0.05, 0.1) is 6.61 Å². The highest BCUT2D eigenvalue weighted by atomic mass is 16.5. The summed E-state index contributed by atoms with van der Waals surface area (Å²) in [6.45, 7) is 4.88. The fraction of sp³-hybridized carbons (Fsp3) is 0.562. The summed E-state index contributed by atoms with van der Waals surface area (Å²) in [5, 5.41) is 8.81. The summed E-state index contributed by atoms with van der Waals surface area (Å²) in [4.78, 5) is 10.7. The maximum atomic E-state index is 10.7. The lowest BCUT2D eigenvalue weighted by Gasteiger charge is -2.26. The van der Waals surface area contributed by atoms with E-state index in [1.807, 2.05) is 6.07 Å². The Hall–Kier alpha value is -1.51. The third kappa shape index (κ3) is 3.72. The Balaban J connectivity index is 2.08. The molecule has 0 radical (unpaired) electrons. The second kappa shape index (κ2) is 6.09. The van der Waals surface area contributed by atoms with E-state index in [-0.39, 0.29) is 6.42 Å². The molecular weight excluding hydrogens is 240 g/mol. The Morgan fingerprint density at radius 3 is 2.58 bits per heavy atom. The van der Waals surface area contributed by atoms with Crippen molar-refractivity contribution in [1.29, 1.82) is 0 Å². The van der Waals surface area contributed by atoms with Crippen molar-refractivity contribution in [2.24, 2.45) is 5.92 Å². The van der Waals surface area contributed by atoms with Crippen molar-refractivity contribution in [3.05, 3.63) is 28.8 Å². The molecule has 1 aliphatic carbocycles. The van der Waals surface area contributed by atoms with Crippen LogP contribution in [-0.2, 0) is 11.2 Å². The molecule has 0 heterocycles. The summed E-state index contributed by atoms with van der Waals surface area (Å²) in [6.07, 6.45) is 4.52. The number of benzene rings is 1. The van der Waals surface area contributed by atoms with Crippen molar-refractivity contribution in [3.8, 4) is 5.75 Å². The smallest absolute Gasteiger partial charge is 0.303 e. The molecule has 0 bridgehead atoms. The van der Waals surface area contributed by atoms with Gasteiger partial charge in [0.1, 0.15) is 5.75 Å². The van der Waals surface area contributed by atoms with Crippen molar-refractivity contribution in [3.63, 3.8) is 0 Å². The zero-order valence-corrected chi connectivity index (χ0v) is 11.7. The van der Waals surface area contributed by atoms with Gasteiger partial charge in [0.25, 0.3) is 0 Å². The van der Waals surface area contributed by atoms with Crippen molar-refractivity contribution in [2.45, 2.75) is 46.0 Å². The van der Waals surface area contributed by atoms with Crippen LogP contribution in [0.1, 0.15) is 42.4 Å². The lowest BCUT2D eigenvalue weighted by molar-refractivity contribution is -0.136. The molecule has 19 heavy (non-hydrogen) atoms. The number of hydrogen-bond acceptors (Lipinski definition) is 2. The molecule has 0 unspecified atom stereocenters. The van der Waals surface area contributed by atoms with E-state index in [1.165, 1.54) is 30.4 Å². The van der Waals surface area contributed by atoms with Gasteiger partial charge in [-0.05, 0) is 61.8 Å². The summed E-state index contributed by atoms with van der Waals surface area (Å²) >= 11 is 0. The van der Waals surface area contributed by atoms with Crippen LogP contribution in [0.25, 0.3) is 0 Å². The predicted molar refractivity (Wildman–Crippen MR) is 74.7 cm³/mol. The Kier molecular flexibility index (Phi) is 4.46. The Labute approximate surface area is 114 Å². The van der Waals surface area contributed by atoms with Gasteiger partial charge in [-0.2, -0.15) is 0 Å². The molecule has 104 valence electrons. The van der Waals surface area contributed by atoms with Gasteiger partial charge >= 0.3 is 5.97 Å². The molecule has 1 N–H and O–H groups in total. The molecule has 3 heteroatoms. The molecule has 0 atom stereocenters. The highest BCUT2D eigenvalue weighted by Crippen LogP contribution is 2.29. The minimum atomic E-state index is -0.761. The Bertz CT molecular complexity index is 461. The minimum absolute atomic E-state index is 0.155. The molecule has 0 amide bonds. The fourth-order valence-corrected chi connectivity index (χ4v) is 2.29. The summed E-state index contributed by atoms with van der Waals surface area (Å²) in [7, 11) is 0. The molecule has 1 aromatic rings. The lowest BCUT2D eigenvalue weighted by Crippen LogP contribution is -2.19. The second-order valence-corrected chi connectivity index (χ2v) is 5.55. The molecule has 1 aliphatic rings. The van der Waals surface area contributed by atoms with Crippen LogP contribution in [0.3, 0.4) is 0 Å². The average molecular weight is 262 g/mol. The third-order valence-electron chi connectivity index (χ3n) is 3.98. The van der Waals surface area contributed by atoms with Gasteiger partial charge in [0.15, 0.2) is 0 Å². The van der Waals surface area contributed by atoms with E-state index in [2.05, 4.69) is 19.9 Å². The van der Waals surface area contributed by atoms with Crippen LogP contribution in [-0.4, -0.2) is 17.7 Å². The highest BCUT2D eigenvalue weighted by Gasteiger charge is 2.19. The summed E-state index contributed by atoms with van der Waals surface area (Å²) in [6, 6.07) is 4.11. The number of carboxylic acid groups (broad SMARTS) is 1. The van der Waals surface area contributed by atoms with E-state index in [1.54, 1.807) is 0 Å². The molecule has 0 spiro atoms. The first kappa shape index (κ1) is 13.9. The number of ether oxygens (including phenoxy) is 1. The van der Waals surface area contributed by atoms with Crippen LogP contribution in [0.15, 0.2) is 12.1 Å². The quantitative estimate of drug-likeness (QED) is 0.853. The predicted octanol–water partition coefficient (Wildman–Crippen LogP) is 3.50. The van der Waals surface area contributed by atoms with Gasteiger partial charge in [0, 0.05) is 6.42 Å². The van der Waals surface area contributed by atoms with E-state index in [0.717, 1.165) is 17.9 Å². The minimum Gasteiger partial charge on any atom is -0.493 e. The first-order valence-corrected chi connectivity index (χ1v) is 7.01. The molecule has 1 saturated carbocycles. The number of hydrogen-bond donors (Lipinski definition) is 1. The SMILES string of the molecule is Cc1cc(CCC(=O)O)c(OCC2CCC2)cc1C. The van der Waals surface area contributed by atoms with Gasteiger partial charge in [-0.3, -0.25) is 4.79 Å². The van der Waals surface area contributed by atoms with Crippen LogP contribution < -0.4 is 4.74 Å². The molecule has 0 aliphatic heterocycles. The van der Waals surface area contributed by atoms with Gasteiger partial charge in [0.2, 0.25) is 0 Å². The second-order valence-electron chi connectivity index (χ2n) is 5.55. The van der Waals surface area contributed by atoms with Gasteiger partial charge in [-0.25, -0.2) is 0 Å². The number of aryl methyl sites for hydroxylation is 3. The van der Waals surface area contributed by atoms with Crippen molar-refractivity contribution in [2.75, 3.05) is 6.61 Å². The Morgan fingerprint density at radius 2 is 2.00 bits per heavy atom. The number of carboxylic acids is 1. The Morgan fingerprint density at radius 1 is 1.32 bits per heavy atom. The van der Waals surface area contributed by atoms with E-state index < -0.39 is 5.97 Å². The van der Waals surface area contributed by atoms with Crippen LogP contribution in [0.5, 0.6) is 5.75 Å². The topological polar surface area (TPSA) is 46.5 Å². The van der Waals surface area contributed by atoms with E-state index in [9.17, 15) is 4.79 Å². The largest absolute Gasteiger partial charge is 0.493 e. The number of carbonyl (C=O) groups is 1. The molecule has 0 saturated heterocycles. The average Bonchev–Trinajstić information content (AvgIpc) is 2.29. The van der Waals surface area contributed by atoms with Gasteiger partial charge < -0.3 is 9.84 Å². The first-order chi connectivity index (χ1) is 9.06. The van der Waals surface area contributed by atoms with Crippen LogP contribution in [0.2, 0.25) is 0 Å².